The molecule has 2 aromatic rings. The van der Waals surface area contributed by atoms with E-state index in [1.165, 1.54) is 0 Å². The Morgan fingerprint density at radius 2 is 2.38 bits per heavy atom. The second-order valence-electron chi connectivity index (χ2n) is 5.33. The van der Waals surface area contributed by atoms with Crippen LogP contribution in [0.5, 0.6) is 0 Å². The highest BCUT2D eigenvalue weighted by molar-refractivity contribution is 5.92. The molecule has 1 unspecified atom stereocenters. The molecule has 1 saturated heterocycles. The molecule has 1 atom stereocenters. The highest BCUT2D eigenvalue weighted by Gasteiger charge is 2.19. The highest BCUT2D eigenvalue weighted by Crippen LogP contribution is 2.20. The summed E-state index contributed by atoms with van der Waals surface area (Å²) in [7, 11) is 0. The molecule has 0 aromatic carbocycles. The third kappa shape index (κ3) is 3.11. The number of carbonyl (C=O) groups is 1. The van der Waals surface area contributed by atoms with Crippen LogP contribution in [0.25, 0.3) is 5.82 Å². The minimum Gasteiger partial charge on any atom is -0.323 e. The van der Waals surface area contributed by atoms with Crippen molar-refractivity contribution in [2.45, 2.75) is 19.8 Å². The lowest BCUT2D eigenvalue weighted by Crippen LogP contribution is -2.19. The molecule has 1 fully saturated rings. The van der Waals surface area contributed by atoms with Gasteiger partial charge < -0.3 is 10.6 Å². The lowest BCUT2D eigenvalue weighted by atomic mass is 10.0. The second kappa shape index (κ2) is 6.05. The number of hydrogen-bond acceptors (Lipinski definition) is 4. The van der Waals surface area contributed by atoms with Crippen LogP contribution in [-0.2, 0) is 4.79 Å². The zero-order valence-electron chi connectivity index (χ0n) is 12.0. The number of carbonyl (C=O) groups excluding carboxylic acids is 1. The van der Waals surface area contributed by atoms with Gasteiger partial charge in [-0.05, 0) is 44.5 Å². The number of amides is 1. The molecule has 0 aliphatic carbocycles. The molecule has 0 spiro atoms. The fraction of sp³-hybridized carbons (Fsp3) is 0.400. The van der Waals surface area contributed by atoms with Crippen LogP contribution >= 0.6 is 0 Å². The fourth-order valence-corrected chi connectivity index (χ4v) is 2.64. The molecular formula is C15H19N5O. The van der Waals surface area contributed by atoms with E-state index in [-0.39, 0.29) is 5.91 Å². The zero-order valence-corrected chi connectivity index (χ0v) is 12.0. The van der Waals surface area contributed by atoms with E-state index < -0.39 is 0 Å². The minimum atomic E-state index is 0.0377. The average molecular weight is 285 g/mol. The summed E-state index contributed by atoms with van der Waals surface area (Å²) in [5.41, 5.74) is 0.717. The van der Waals surface area contributed by atoms with E-state index in [1.54, 1.807) is 12.4 Å². The van der Waals surface area contributed by atoms with Gasteiger partial charge in [0.05, 0.1) is 5.69 Å². The summed E-state index contributed by atoms with van der Waals surface area (Å²) in [6.45, 7) is 3.84. The lowest BCUT2D eigenvalue weighted by molar-refractivity contribution is -0.116. The van der Waals surface area contributed by atoms with Gasteiger partial charge in [-0.1, -0.05) is 0 Å². The summed E-state index contributed by atoms with van der Waals surface area (Å²) in [6.07, 6.45) is 6.89. The predicted octanol–water partition coefficient (Wildman–Crippen LogP) is 1.51. The van der Waals surface area contributed by atoms with Crippen molar-refractivity contribution >= 4 is 11.6 Å². The maximum Gasteiger partial charge on any atom is 0.224 e. The fourth-order valence-electron chi connectivity index (χ4n) is 2.64. The van der Waals surface area contributed by atoms with E-state index in [0.29, 0.717) is 18.2 Å². The molecule has 0 radical (unpaired) electrons. The van der Waals surface area contributed by atoms with E-state index >= 15 is 0 Å². The molecule has 1 aliphatic heterocycles. The van der Waals surface area contributed by atoms with E-state index in [1.807, 2.05) is 29.8 Å². The largest absolute Gasteiger partial charge is 0.323 e. The number of anilines is 1. The average Bonchev–Trinajstić information content (AvgIpc) is 3.11. The van der Waals surface area contributed by atoms with Crippen LogP contribution in [0.4, 0.5) is 5.69 Å². The maximum atomic E-state index is 12.2. The monoisotopic (exact) mass is 285 g/mol. The van der Waals surface area contributed by atoms with Crippen molar-refractivity contribution in [1.82, 2.24) is 19.9 Å². The van der Waals surface area contributed by atoms with Crippen LogP contribution in [0.3, 0.4) is 0 Å². The molecule has 1 amide bonds. The van der Waals surface area contributed by atoms with Gasteiger partial charge in [0.2, 0.25) is 5.91 Å². The van der Waals surface area contributed by atoms with Gasteiger partial charge in [-0.25, -0.2) is 9.97 Å². The summed E-state index contributed by atoms with van der Waals surface area (Å²) in [5, 5.41) is 6.25. The zero-order chi connectivity index (χ0) is 14.7. The Kier molecular flexibility index (Phi) is 3.96. The molecule has 6 nitrogen and oxygen atoms in total. The van der Waals surface area contributed by atoms with Gasteiger partial charge in [0.25, 0.3) is 0 Å². The Bertz CT molecular complexity index is 630. The van der Waals surface area contributed by atoms with E-state index in [0.717, 1.165) is 31.0 Å². The third-order valence-electron chi connectivity index (χ3n) is 3.75. The Morgan fingerprint density at radius 3 is 3.10 bits per heavy atom. The smallest absolute Gasteiger partial charge is 0.224 e. The number of pyridine rings is 1. The number of aryl methyl sites for hydroxylation is 1. The standard InChI is InChI=1S/C15H19N5O/c1-11-17-7-8-20(11)15-13(3-2-5-18-15)19-14(21)9-12-4-6-16-10-12/h2-3,5,7-8,12,16H,4,6,9-10H2,1H3,(H,19,21). The topological polar surface area (TPSA) is 71.8 Å². The lowest BCUT2D eigenvalue weighted by Gasteiger charge is -2.13. The predicted molar refractivity (Wildman–Crippen MR) is 80.3 cm³/mol. The van der Waals surface area contributed by atoms with Gasteiger partial charge in [0, 0.05) is 25.0 Å². The van der Waals surface area contributed by atoms with Crippen LogP contribution in [-0.4, -0.2) is 33.5 Å². The first kappa shape index (κ1) is 13.8. The van der Waals surface area contributed by atoms with Crippen molar-refractivity contribution in [3.63, 3.8) is 0 Å². The number of rotatable bonds is 4. The molecule has 6 heteroatoms. The van der Waals surface area contributed by atoms with Gasteiger partial charge in [0.1, 0.15) is 5.82 Å². The first-order chi connectivity index (χ1) is 10.2. The normalized spacial score (nSPS) is 17.9. The van der Waals surface area contributed by atoms with Gasteiger partial charge in [-0.2, -0.15) is 0 Å². The number of aromatic nitrogens is 3. The van der Waals surface area contributed by atoms with Crippen molar-refractivity contribution in [3.05, 3.63) is 36.5 Å². The first-order valence-electron chi connectivity index (χ1n) is 7.20. The molecule has 2 aromatic heterocycles. The van der Waals surface area contributed by atoms with E-state index in [2.05, 4.69) is 20.6 Å². The van der Waals surface area contributed by atoms with Crippen molar-refractivity contribution in [2.24, 2.45) is 5.92 Å². The summed E-state index contributed by atoms with van der Waals surface area (Å²) in [4.78, 5) is 20.7. The highest BCUT2D eigenvalue weighted by atomic mass is 16.1. The van der Waals surface area contributed by atoms with Gasteiger partial charge in [0.15, 0.2) is 5.82 Å². The second-order valence-corrected chi connectivity index (χ2v) is 5.33. The quantitative estimate of drug-likeness (QED) is 0.893. The van der Waals surface area contributed by atoms with Gasteiger partial charge >= 0.3 is 0 Å². The molecular weight excluding hydrogens is 266 g/mol. The van der Waals surface area contributed by atoms with Crippen LogP contribution in [0.2, 0.25) is 0 Å². The summed E-state index contributed by atoms with van der Waals surface area (Å²) in [5.74, 6) is 2.01. The van der Waals surface area contributed by atoms with Crippen molar-refractivity contribution in [3.8, 4) is 5.82 Å². The van der Waals surface area contributed by atoms with Gasteiger partial charge in [-0.15, -0.1) is 0 Å². The first-order valence-corrected chi connectivity index (χ1v) is 7.20. The molecule has 21 heavy (non-hydrogen) atoms. The Morgan fingerprint density at radius 1 is 1.48 bits per heavy atom. The van der Waals surface area contributed by atoms with E-state index in [4.69, 9.17) is 0 Å². The molecule has 3 rings (SSSR count). The van der Waals surface area contributed by atoms with Crippen LogP contribution in [0.15, 0.2) is 30.7 Å². The van der Waals surface area contributed by atoms with Crippen molar-refractivity contribution < 1.29 is 4.79 Å². The Hall–Kier alpha value is -2.21. The van der Waals surface area contributed by atoms with Crippen molar-refractivity contribution in [1.29, 1.82) is 0 Å². The SMILES string of the molecule is Cc1nccn1-c1ncccc1NC(=O)CC1CCNC1. The molecule has 2 N–H and O–H groups in total. The van der Waals surface area contributed by atoms with Gasteiger partial charge in [-0.3, -0.25) is 9.36 Å². The summed E-state index contributed by atoms with van der Waals surface area (Å²) < 4.78 is 1.87. The van der Waals surface area contributed by atoms with Crippen LogP contribution in [0, 0.1) is 12.8 Å². The number of nitrogens with zero attached hydrogens (tertiary/aromatic N) is 3. The molecule has 1 aliphatic rings. The molecule has 0 bridgehead atoms. The van der Waals surface area contributed by atoms with Crippen LogP contribution < -0.4 is 10.6 Å². The Balaban J connectivity index is 1.76. The number of nitrogens with one attached hydrogen (secondary N) is 2. The molecule has 110 valence electrons. The molecule has 0 saturated carbocycles. The Labute approximate surface area is 123 Å². The number of imidazole rings is 1. The summed E-state index contributed by atoms with van der Waals surface area (Å²) in [6, 6.07) is 3.69. The van der Waals surface area contributed by atoms with Crippen LogP contribution in [0.1, 0.15) is 18.7 Å². The maximum absolute atomic E-state index is 12.2. The van der Waals surface area contributed by atoms with Crippen molar-refractivity contribution in [2.75, 3.05) is 18.4 Å². The minimum absolute atomic E-state index is 0.0377. The summed E-state index contributed by atoms with van der Waals surface area (Å²) >= 11 is 0. The number of hydrogen-bond donors (Lipinski definition) is 2. The van der Waals surface area contributed by atoms with E-state index in [9.17, 15) is 4.79 Å². The molecule has 3 heterocycles. The third-order valence-corrected chi connectivity index (χ3v) is 3.75.